The molecule has 1 heterocycles. The van der Waals surface area contributed by atoms with Crippen molar-refractivity contribution < 1.29 is 14.3 Å². The van der Waals surface area contributed by atoms with E-state index in [1.165, 1.54) is 6.92 Å². The number of rotatable bonds is 6. The number of carbonyl (C=O) groups excluding carboxylic acids is 1. The highest BCUT2D eigenvalue weighted by molar-refractivity contribution is 6.42. The number of nitrogens with zero attached hydrogens (tertiary/aromatic N) is 2. The van der Waals surface area contributed by atoms with Gasteiger partial charge < -0.3 is 14.4 Å². The van der Waals surface area contributed by atoms with E-state index in [9.17, 15) is 4.79 Å². The second kappa shape index (κ2) is 10.0. The number of piperazine rings is 1. The molecule has 7 heteroatoms. The van der Waals surface area contributed by atoms with E-state index in [2.05, 4.69) is 15.9 Å². The van der Waals surface area contributed by atoms with Crippen LogP contribution in [0, 0.1) is 0 Å². The lowest BCUT2D eigenvalue weighted by atomic mass is 10.2. The van der Waals surface area contributed by atoms with Crippen molar-refractivity contribution in [3.63, 3.8) is 0 Å². The summed E-state index contributed by atoms with van der Waals surface area (Å²) in [6, 6.07) is 11.3. The van der Waals surface area contributed by atoms with Gasteiger partial charge in [-0.1, -0.05) is 41.4 Å². The fourth-order valence-corrected chi connectivity index (χ4v) is 3.53. The first kappa shape index (κ1) is 21.5. The SMILES string of the molecule is COc1cc(/C=C\CN2CCN(c3ccc(Cl)c(Cl)c3)CC2)ccc1OC(C)=O. The molecule has 0 bridgehead atoms. The normalized spacial score (nSPS) is 15.0. The molecule has 0 N–H and O–H groups in total. The zero-order chi connectivity index (χ0) is 20.8. The van der Waals surface area contributed by atoms with Crippen LogP contribution in [0.4, 0.5) is 5.69 Å². The summed E-state index contributed by atoms with van der Waals surface area (Å²) in [6.45, 7) is 6.06. The van der Waals surface area contributed by atoms with Gasteiger partial charge in [0.2, 0.25) is 0 Å². The van der Waals surface area contributed by atoms with Gasteiger partial charge in [-0.05, 0) is 35.9 Å². The molecular weight excluding hydrogens is 411 g/mol. The maximum atomic E-state index is 11.1. The van der Waals surface area contributed by atoms with Crippen LogP contribution < -0.4 is 14.4 Å². The first-order valence-corrected chi connectivity index (χ1v) is 10.2. The van der Waals surface area contributed by atoms with Crippen LogP contribution in [-0.4, -0.2) is 50.7 Å². The van der Waals surface area contributed by atoms with Gasteiger partial charge in [0.1, 0.15) is 0 Å². The minimum Gasteiger partial charge on any atom is -0.493 e. The van der Waals surface area contributed by atoms with Gasteiger partial charge in [0.05, 0.1) is 17.2 Å². The van der Waals surface area contributed by atoms with Gasteiger partial charge in [0.25, 0.3) is 0 Å². The summed E-state index contributed by atoms with van der Waals surface area (Å²) in [5.41, 5.74) is 2.10. The molecule has 0 saturated carbocycles. The first-order valence-electron chi connectivity index (χ1n) is 9.41. The van der Waals surface area contributed by atoms with Crippen LogP contribution in [0.2, 0.25) is 10.0 Å². The second-order valence-corrected chi connectivity index (χ2v) is 7.61. The summed E-state index contributed by atoms with van der Waals surface area (Å²) in [4.78, 5) is 15.9. The molecule has 29 heavy (non-hydrogen) atoms. The standard InChI is InChI=1S/C22H24Cl2N2O3/c1-16(27)29-21-8-5-17(14-22(21)28-2)4-3-9-25-10-12-26(13-11-25)18-6-7-19(23)20(24)15-18/h3-8,14-15H,9-13H2,1-2H3/b4-3-. The molecule has 154 valence electrons. The van der Waals surface area contributed by atoms with E-state index >= 15 is 0 Å². The van der Waals surface area contributed by atoms with Crippen LogP contribution in [0.3, 0.4) is 0 Å². The third-order valence-corrected chi connectivity index (χ3v) is 5.49. The zero-order valence-electron chi connectivity index (χ0n) is 16.5. The number of methoxy groups -OCH3 is 1. The number of benzene rings is 2. The average Bonchev–Trinajstić information content (AvgIpc) is 2.71. The lowest BCUT2D eigenvalue weighted by Crippen LogP contribution is -2.46. The molecule has 0 unspecified atom stereocenters. The molecule has 0 aliphatic carbocycles. The lowest BCUT2D eigenvalue weighted by Gasteiger charge is -2.35. The van der Waals surface area contributed by atoms with E-state index < -0.39 is 0 Å². The van der Waals surface area contributed by atoms with Gasteiger partial charge in [-0.25, -0.2) is 0 Å². The summed E-state index contributed by atoms with van der Waals surface area (Å²) in [6.07, 6.45) is 4.18. The first-order chi connectivity index (χ1) is 14.0. The number of hydrogen-bond acceptors (Lipinski definition) is 5. The fourth-order valence-electron chi connectivity index (χ4n) is 3.24. The van der Waals surface area contributed by atoms with Crippen molar-refractivity contribution in [3.05, 3.63) is 58.1 Å². The molecule has 0 amide bonds. The van der Waals surface area contributed by atoms with Crippen molar-refractivity contribution in [3.8, 4) is 11.5 Å². The molecule has 2 aromatic rings. The summed E-state index contributed by atoms with van der Waals surface area (Å²) in [7, 11) is 1.56. The number of anilines is 1. The van der Waals surface area contributed by atoms with Crippen LogP contribution in [0.5, 0.6) is 11.5 Å². The van der Waals surface area contributed by atoms with Gasteiger partial charge in [-0.3, -0.25) is 9.69 Å². The molecule has 3 rings (SSSR count). The van der Waals surface area contributed by atoms with E-state index in [4.69, 9.17) is 32.7 Å². The largest absolute Gasteiger partial charge is 0.493 e. The average molecular weight is 435 g/mol. The molecule has 0 radical (unpaired) electrons. The number of hydrogen-bond donors (Lipinski definition) is 0. The number of ether oxygens (including phenoxy) is 2. The van der Waals surface area contributed by atoms with Crippen LogP contribution in [0.25, 0.3) is 6.08 Å². The summed E-state index contributed by atoms with van der Waals surface area (Å²) in [5.74, 6) is 0.597. The van der Waals surface area contributed by atoms with Crippen molar-refractivity contribution in [2.75, 3.05) is 44.7 Å². The Bertz CT molecular complexity index is 894. The van der Waals surface area contributed by atoms with Crippen LogP contribution in [0.1, 0.15) is 12.5 Å². The Labute approximate surface area is 181 Å². The summed E-state index contributed by atoms with van der Waals surface area (Å²) >= 11 is 12.1. The summed E-state index contributed by atoms with van der Waals surface area (Å²) in [5, 5.41) is 1.17. The predicted molar refractivity (Wildman–Crippen MR) is 118 cm³/mol. The van der Waals surface area contributed by atoms with E-state index in [1.54, 1.807) is 13.2 Å². The maximum absolute atomic E-state index is 11.1. The lowest BCUT2D eigenvalue weighted by molar-refractivity contribution is -0.132. The van der Waals surface area contributed by atoms with Crippen molar-refractivity contribution >= 4 is 40.9 Å². The van der Waals surface area contributed by atoms with Crippen LogP contribution >= 0.6 is 23.2 Å². The van der Waals surface area contributed by atoms with E-state index in [-0.39, 0.29) is 5.97 Å². The highest BCUT2D eigenvalue weighted by atomic mass is 35.5. The van der Waals surface area contributed by atoms with Crippen molar-refractivity contribution in [2.45, 2.75) is 6.92 Å². The Morgan fingerprint density at radius 3 is 2.45 bits per heavy atom. The molecule has 1 aliphatic rings. The van der Waals surface area contributed by atoms with Crippen LogP contribution in [-0.2, 0) is 4.79 Å². The molecule has 1 saturated heterocycles. The highest BCUT2D eigenvalue weighted by Gasteiger charge is 2.17. The van der Waals surface area contributed by atoms with Gasteiger partial charge in [0, 0.05) is 45.3 Å². The molecule has 1 aliphatic heterocycles. The molecule has 1 fully saturated rings. The highest BCUT2D eigenvalue weighted by Crippen LogP contribution is 2.29. The van der Waals surface area contributed by atoms with Gasteiger partial charge in [-0.15, -0.1) is 0 Å². The molecule has 0 atom stereocenters. The molecule has 2 aromatic carbocycles. The zero-order valence-corrected chi connectivity index (χ0v) is 18.0. The number of carbonyl (C=O) groups is 1. The molecule has 0 aromatic heterocycles. The van der Waals surface area contributed by atoms with Gasteiger partial charge in [-0.2, -0.15) is 0 Å². The van der Waals surface area contributed by atoms with E-state index in [0.717, 1.165) is 44.0 Å². The Hall–Kier alpha value is -2.21. The monoisotopic (exact) mass is 434 g/mol. The third kappa shape index (κ3) is 5.89. The predicted octanol–water partition coefficient (Wildman–Crippen LogP) is 4.76. The Balaban J connectivity index is 1.52. The van der Waals surface area contributed by atoms with Gasteiger partial charge in [0.15, 0.2) is 11.5 Å². The second-order valence-electron chi connectivity index (χ2n) is 6.79. The van der Waals surface area contributed by atoms with Crippen molar-refractivity contribution in [1.82, 2.24) is 4.90 Å². The Kier molecular flexibility index (Phi) is 7.42. The van der Waals surface area contributed by atoms with E-state index in [1.807, 2.05) is 36.4 Å². The molecule has 5 nitrogen and oxygen atoms in total. The number of esters is 1. The Morgan fingerprint density at radius 2 is 1.79 bits per heavy atom. The Morgan fingerprint density at radius 1 is 1.03 bits per heavy atom. The topological polar surface area (TPSA) is 42.0 Å². The number of halogens is 2. The van der Waals surface area contributed by atoms with Gasteiger partial charge >= 0.3 is 5.97 Å². The maximum Gasteiger partial charge on any atom is 0.308 e. The minimum atomic E-state index is -0.369. The van der Waals surface area contributed by atoms with Crippen LogP contribution in [0.15, 0.2) is 42.5 Å². The van der Waals surface area contributed by atoms with Crippen molar-refractivity contribution in [2.24, 2.45) is 0 Å². The smallest absolute Gasteiger partial charge is 0.308 e. The molecule has 0 spiro atoms. The van der Waals surface area contributed by atoms with E-state index in [0.29, 0.717) is 21.5 Å². The molecular formula is C22H24Cl2N2O3. The minimum absolute atomic E-state index is 0.369. The fraction of sp³-hybridized carbons (Fsp3) is 0.318. The third-order valence-electron chi connectivity index (χ3n) is 4.76. The quantitative estimate of drug-likeness (QED) is 0.484. The van der Waals surface area contributed by atoms with Crippen molar-refractivity contribution in [1.29, 1.82) is 0 Å². The summed E-state index contributed by atoms with van der Waals surface area (Å²) < 4.78 is 10.4.